The Labute approximate surface area is 148 Å². The molecule has 0 bridgehead atoms. The molecule has 0 atom stereocenters. The highest BCUT2D eigenvalue weighted by atomic mass is 35.5. The molecule has 0 saturated carbocycles. The van der Waals surface area contributed by atoms with Gasteiger partial charge in [0, 0.05) is 24.8 Å². The number of rotatable bonds is 2. The molecule has 134 valence electrons. The molecule has 3 heterocycles. The molecule has 4 rings (SSSR count). The fourth-order valence-corrected chi connectivity index (χ4v) is 3.00. The monoisotopic (exact) mass is 382 g/mol. The van der Waals surface area contributed by atoms with Crippen LogP contribution in [0.2, 0.25) is 5.02 Å². The molecule has 3 aromatic heterocycles. The number of imidazole rings is 1. The summed E-state index contributed by atoms with van der Waals surface area (Å²) >= 11 is 5.99. The van der Waals surface area contributed by atoms with Crippen LogP contribution < -0.4 is 0 Å². The van der Waals surface area contributed by atoms with E-state index < -0.39 is 12.0 Å². The van der Waals surface area contributed by atoms with E-state index in [1.807, 2.05) is 0 Å². The Bertz CT molecular complexity index is 1110. The quantitative estimate of drug-likeness (QED) is 0.555. The number of aromatic hydroxyl groups is 1. The fourth-order valence-electron chi connectivity index (χ4n) is 2.85. The van der Waals surface area contributed by atoms with Crippen molar-refractivity contribution < 1.29 is 18.3 Å². The zero-order chi connectivity index (χ0) is 18.6. The van der Waals surface area contributed by atoms with E-state index >= 15 is 0 Å². The SMILES string of the molecule is Cn1c(-c2nnc(C(F)(F)F)[nH]2)c(-n2ccnc2)c2cc(O)c(Cl)cc21. The van der Waals surface area contributed by atoms with Crippen LogP contribution in [-0.4, -0.2) is 34.4 Å². The van der Waals surface area contributed by atoms with Gasteiger partial charge in [0.2, 0.25) is 5.82 Å². The number of nitrogens with one attached hydrogen (secondary N) is 1. The van der Waals surface area contributed by atoms with Crippen molar-refractivity contribution >= 4 is 22.5 Å². The second kappa shape index (κ2) is 5.49. The Morgan fingerprint density at radius 2 is 2.00 bits per heavy atom. The number of fused-ring (bicyclic) bond motifs is 1. The number of H-pyrrole nitrogens is 1. The minimum absolute atomic E-state index is 0.0738. The van der Waals surface area contributed by atoms with Gasteiger partial charge in [-0.3, -0.25) is 0 Å². The molecule has 0 unspecified atom stereocenters. The van der Waals surface area contributed by atoms with Crippen molar-refractivity contribution in [3.8, 4) is 23.0 Å². The Morgan fingerprint density at radius 1 is 1.23 bits per heavy atom. The summed E-state index contributed by atoms with van der Waals surface area (Å²) < 4.78 is 41.9. The van der Waals surface area contributed by atoms with Gasteiger partial charge in [-0.15, -0.1) is 10.2 Å². The maximum Gasteiger partial charge on any atom is 0.451 e. The van der Waals surface area contributed by atoms with Crippen molar-refractivity contribution in [2.45, 2.75) is 6.18 Å². The summed E-state index contributed by atoms with van der Waals surface area (Å²) in [7, 11) is 1.65. The lowest BCUT2D eigenvalue weighted by molar-refractivity contribution is -0.144. The van der Waals surface area contributed by atoms with Crippen LogP contribution >= 0.6 is 11.6 Å². The van der Waals surface area contributed by atoms with Crippen LogP contribution in [0.1, 0.15) is 5.82 Å². The molecular weight excluding hydrogens is 373 g/mol. The van der Waals surface area contributed by atoms with Crippen LogP contribution in [0, 0.1) is 0 Å². The maximum absolute atomic E-state index is 12.9. The molecule has 0 aliphatic rings. The number of phenols is 1. The highest BCUT2D eigenvalue weighted by Gasteiger charge is 2.36. The third-order valence-corrected chi connectivity index (χ3v) is 4.29. The van der Waals surface area contributed by atoms with Crippen LogP contribution in [-0.2, 0) is 13.2 Å². The first-order valence-corrected chi connectivity index (χ1v) is 7.64. The highest BCUT2D eigenvalue weighted by Crippen LogP contribution is 2.39. The van der Waals surface area contributed by atoms with E-state index in [1.165, 1.54) is 24.7 Å². The molecule has 0 spiro atoms. The minimum atomic E-state index is -4.65. The molecule has 7 nitrogen and oxygen atoms in total. The predicted octanol–water partition coefficient (Wildman–Crippen LogP) is 3.53. The lowest BCUT2D eigenvalue weighted by Gasteiger charge is -2.06. The van der Waals surface area contributed by atoms with Crippen molar-refractivity contribution in [2.75, 3.05) is 0 Å². The maximum atomic E-state index is 12.9. The van der Waals surface area contributed by atoms with Crippen molar-refractivity contribution in [3.63, 3.8) is 0 Å². The lowest BCUT2D eigenvalue weighted by Crippen LogP contribution is -2.07. The first kappa shape index (κ1) is 16.5. The molecule has 1 aromatic carbocycles. The Morgan fingerprint density at radius 3 is 2.62 bits per heavy atom. The van der Waals surface area contributed by atoms with Gasteiger partial charge >= 0.3 is 6.18 Å². The first-order chi connectivity index (χ1) is 12.3. The number of hydrogen-bond acceptors (Lipinski definition) is 4. The zero-order valence-electron chi connectivity index (χ0n) is 13.1. The number of alkyl halides is 3. The fraction of sp³-hybridized carbons (Fsp3) is 0.133. The standard InChI is InChI=1S/C15H10ClF3N6O/c1-24-9-5-8(16)10(26)4-7(9)11(25-3-2-20-6-25)12(24)13-21-14(23-22-13)15(17,18)19/h2-6,26H,1H3,(H,21,22,23). The minimum Gasteiger partial charge on any atom is -0.506 e. The predicted molar refractivity (Wildman–Crippen MR) is 87.1 cm³/mol. The second-order valence-corrected chi connectivity index (χ2v) is 5.97. The molecule has 2 N–H and O–H groups in total. The van der Waals surface area contributed by atoms with Crippen molar-refractivity contribution in [1.29, 1.82) is 0 Å². The summed E-state index contributed by atoms with van der Waals surface area (Å²) in [6.07, 6.45) is 0.00241. The van der Waals surface area contributed by atoms with E-state index in [0.717, 1.165) is 0 Å². The molecular formula is C15H10ClF3N6O. The summed E-state index contributed by atoms with van der Waals surface area (Å²) in [5, 5.41) is 17.5. The molecule has 11 heteroatoms. The smallest absolute Gasteiger partial charge is 0.451 e. The van der Waals surface area contributed by atoms with E-state index in [-0.39, 0.29) is 16.6 Å². The van der Waals surface area contributed by atoms with E-state index in [1.54, 1.807) is 22.4 Å². The van der Waals surface area contributed by atoms with Gasteiger partial charge < -0.3 is 19.2 Å². The van der Waals surface area contributed by atoms with Crippen molar-refractivity contribution in [2.24, 2.45) is 7.05 Å². The van der Waals surface area contributed by atoms with E-state index in [0.29, 0.717) is 22.3 Å². The third kappa shape index (κ3) is 2.41. The Kier molecular flexibility index (Phi) is 3.48. The van der Waals surface area contributed by atoms with Gasteiger partial charge in [0.05, 0.1) is 22.6 Å². The molecule has 4 aromatic rings. The Balaban J connectivity index is 2.07. The summed E-state index contributed by atoms with van der Waals surface area (Å²) in [6, 6.07) is 2.97. The van der Waals surface area contributed by atoms with Gasteiger partial charge in [0.25, 0.3) is 0 Å². The van der Waals surface area contributed by atoms with Crippen LogP contribution in [0.25, 0.3) is 28.1 Å². The molecule has 0 saturated heterocycles. The average Bonchev–Trinajstić information content (AvgIpc) is 3.28. The van der Waals surface area contributed by atoms with Gasteiger partial charge in [-0.2, -0.15) is 13.2 Å². The topological polar surface area (TPSA) is 84.5 Å². The van der Waals surface area contributed by atoms with Crippen molar-refractivity contribution in [3.05, 3.63) is 41.7 Å². The second-order valence-electron chi connectivity index (χ2n) is 5.57. The van der Waals surface area contributed by atoms with Crippen LogP contribution in [0.3, 0.4) is 0 Å². The first-order valence-electron chi connectivity index (χ1n) is 7.27. The molecule has 0 fully saturated rings. The molecule has 0 aliphatic heterocycles. The number of phenolic OH excluding ortho intramolecular Hbond substituents is 1. The van der Waals surface area contributed by atoms with Gasteiger partial charge in [0.1, 0.15) is 11.4 Å². The van der Waals surface area contributed by atoms with Crippen LogP contribution in [0.4, 0.5) is 13.2 Å². The Hall–Kier alpha value is -3.01. The lowest BCUT2D eigenvalue weighted by atomic mass is 10.2. The van der Waals surface area contributed by atoms with Gasteiger partial charge in [-0.05, 0) is 12.1 Å². The molecule has 0 aliphatic carbocycles. The third-order valence-electron chi connectivity index (χ3n) is 3.98. The van der Waals surface area contributed by atoms with Crippen LogP contribution in [0.15, 0.2) is 30.9 Å². The zero-order valence-corrected chi connectivity index (χ0v) is 13.8. The van der Waals surface area contributed by atoms with Crippen LogP contribution in [0.5, 0.6) is 5.75 Å². The number of aromatic nitrogens is 6. The summed E-state index contributed by atoms with van der Waals surface area (Å²) in [5.41, 5.74) is 1.41. The summed E-state index contributed by atoms with van der Waals surface area (Å²) in [5.74, 6) is -1.42. The normalized spacial score (nSPS) is 12.2. The van der Waals surface area contributed by atoms with Gasteiger partial charge in [-0.25, -0.2) is 4.98 Å². The number of benzene rings is 1. The largest absolute Gasteiger partial charge is 0.506 e. The number of halogens is 4. The number of hydrogen-bond donors (Lipinski definition) is 2. The van der Waals surface area contributed by atoms with E-state index in [9.17, 15) is 18.3 Å². The van der Waals surface area contributed by atoms with Gasteiger partial charge in [0.15, 0.2) is 5.82 Å². The molecule has 26 heavy (non-hydrogen) atoms. The number of nitrogens with zero attached hydrogens (tertiary/aromatic N) is 5. The summed E-state index contributed by atoms with van der Waals surface area (Å²) in [6.45, 7) is 0. The van der Waals surface area contributed by atoms with Crippen molar-refractivity contribution in [1.82, 2.24) is 29.3 Å². The average molecular weight is 383 g/mol. The van der Waals surface area contributed by atoms with E-state index in [2.05, 4.69) is 20.2 Å². The highest BCUT2D eigenvalue weighted by molar-refractivity contribution is 6.33. The number of aromatic amines is 1. The van der Waals surface area contributed by atoms with Gasteiger partial charge in [-0.1, -0.05) is 11.6 Å². The van der Waals surface area contributed by atoms with E-state index in [4.69, 9.17) is 11.6 Å². The summed E-state index contributed by atoms with van der Waals surface area (Å²) in [4.78, 5) is 6.18. The number of aryl methyl sites for hydroxylation is 1. The molecule has 0 amide bonds. The molecule has 0 radical (unpaired) electrons.